The molecule has 4 rings (SSSR count). The first-order valence-corrected chi connectivity index (χ1v) is 11.4. The van der Waals surface area contributed by atoms with Gasteiger partial charge in [-0.2, -0.15) is 9.40 Å². The van der Waals surface area contributed by atoms with Crippen LogP contribution < -0.4 is 5.56 Å². The summed E-state index contributed by atoms with van der Waals surface area (Å²) in [6.45, 7) is 0.898. The van der Waals surface area contributed by atoms with Crippen molar-refractivity contribution in [2.75, 3.05) is 26.2 Å². The second-order valence-electron chi connectivity index (χ2n) is 6.20. The predicted molar refractivity (Wildman–Crippen MR) is 109 cm³/mol. The van der Waals surface area contributed by atoms with Gasteiger partial charge in [-0.15, -0.1) is 11.3 Å². The number of carbonyl (C=O) groups excluding carboxylic acids is 1. The van der Waals surface area contributed by atoms with Crippen molar-refractivity contribution in [1.82, 2.24) is 19.4 Å². The Balaban J connectivity index is 1.54. The lowest BCUT2D eigenvalue weighted by molar-refractivity contribution is 0.0693. The largest absolute Gasteiger partial charge is 0.335 e. The summed E-state index contributed by atoms with van der Waals surface area (Å²) in [4.78, 5) is 26.4. The van der Waals surface area contributed by atoms with Crippen LogP contribution in [0.1, 0.15) is 10.5 Å². The number of piperazine rings is 1. The minimum Gasteiger partial charge on any atom is -0.335 e. The number of sulfonamides is 1. The molecule has 1 amide bonds. The average molecular weight is 483 g/mol. The highest BCUT2D eigenvalue weighted by molar-refractivity contribution is 9.11. The summed E-state index contributed by atoms with van der Waals surface area (Å²) in [6.07, 6.45) is 0. The van der Waals surface area contributed by atoms with Crippen molar-refractivity contribution in [2.45, 2.75) is 4.21 Å². The summed E-state index contributed by atoms with van der Waals surface area (Å²) in [5.41, 5.74) is -0.195. The molecule has 146 valence electrons. The van der Waals surface area contributed by atoms with Crippen molar-refractivity contribution in [2.24, 2.45) is 0 Å². The standard InChI is InChI=1S/C17H15BrN4O4S2/c18-13-5-6-14(27-13)28(25,26)22-9-7-21(8-10-22)17(24)15-11-3-1-2-4-12(11)16(23)20-19-15/h1-6H,7-10H2,(H,20,23). The molecular formula is C17H15BrN4O4S2. The number of aromatic amines is 1. The van der Waals surface area contributed by atoms with Crippen LogP contribution in [0.25, 0.3) is 10.8 Å². The normalized spacial score (nSPS) is 15.8. The fraction of sp³-hybridized carbons (Fsp3) is 0.235. The molecule has 3 aromatic rings. The zero-order chi connectivity index (χ0) is 19.9. The third-order valence-corrected chi connectivity index (χ3v) is 8.56. The summed E-state index contributed by atoms with van der Waals surface area (Å²) in [5.74, 6) is -0.330. The number of nitrogens with one attached hydrogen (secondary N) is 1. The number of amides is 1. The fourth-order valence-corrected chi connectivity index (χ4v) is 6.71. The first-order chi connectivity index (χ1) is 13.4. The van der Waals surface area contributed by atoms with Gasteiger partial charge in [-0.25, -0.2) is 13.5 Å². The van der Waals surface area contributed by atoms with Crippen LogP contribution in [0.5, 0.6) is 0 Å². The van der Waals surface area contributed by atoms with Crippen molar-refractivity contribution < 1.29 is 13.2 Å². The zero-order valence-electron chi connectivity index (χ0n) is 14.5. The molecule has 0 saturated carbocycles. The van der Waals surface area contributed by atoms with Crippen molar-refractivity contribution >= 4 is 54.0 Å². The van der Waals surface area contributed by atoms with E-state index >= 15 is 0 Å². The van der Waals surface area contributed by atoms with E-state index in [0.717, 1.165) is 15.1 Å². The number of hydrogen-bond acceptors (Lipinski definition) is 6. The van der Waals surface area contributed by atoms with E-state index in [-0.39, 0.29) is 47.5 Å². The molecule has 1 aromatic carbocycles. The number of benzene rings is 1. The summed E-state index contributed by atoms with van der Waals surface area (Å²) in [5, 5.41) is 7.17. The number of rotatable bonds is 3. The van der Waals surface area contributed by atoms with Gasteiger partial charge in [0.15, 0.2) is 5.69 Å². The molecule has 0 bridgehead atoms. The molecular weight excluding hydrogens is 468 g/mol. The highest BCUT2D eigenvalue weighted by Gasteiger charge is 2.32. The summed E-state index contributed by atoms with van der Waals surface area (Å²) < 4.78 is 27.8. The molecule has 1 saturated heterocycles. The molecule has 1 N–H and O–H groups in total. The molecule has 11 heteroatoms. The van der Waals surface area contributed by atoms with Crippen LogP contribution >= 0.6 is 27.3 Å². The van der Waals surface area contributed by atoms with Crippen LogP contribution in [0, 0.1) is 0 Å². The lowest BCUT2D eigenvalue weighted by Crippen LogP contribution is -2.50. The van der Waals surface area contributed by atoms with Crippen LogP contribution in [0.4, 0.5) is 0 Å². The second-order valence-corrected chi connectivity index (χ2v) is 10.8. The van der Waals surface area contributed by atoms with Crippen molar-refractivity contribution in [3.05, 3.63) is 56.2 Å². The SMILES string of the molecule is O=C(c1n[nH]c(=O)c2ccccc12)N1CCN(S(=O)(=O)c2ccc(Br)s2)CC1. The summed E-state index contributed by atoms with van der Waals surface area (Å²) in [7, 11) is -3.57. The van der Waals surface area contributed by atoms with E-state index in [0.29, 0.717) is 10.8 Å². The minimum atomic E-state index is -3.57. The number of carbonyl (C=O) groups is 1. The van der Waals surface area contributed by atoms with Crippen LogP contribution in [0.15, 0.2) is 49.2 Å². The van der Waals surface area contributed by atoms with Crippen LogP contribution in [0.2, 0.25) is 0 Å². The van der Waals surface area contributed by atoms with Gasteiger partial charge >= 0.3 is 0 Å². The number of halogens is 1. The zero-order valence-corrected chi connectivity index (χ0v) is 17.7. The first kappa shape index (κ1) is 19.2. The molecule has 1 fully saturated rings. The molecule has 0 aliphatic carbocycles. The van der Waals surface area contributed by atoms with Gasteiger partial charge in [0, 0.05) is 31.6 Å². The molecule has 3 heterocycles. The van der Waals surface area contributed by atoms with Gasteiger partial charge < -0.3 is 4.90 Å². The second kappa shape index (κ2) is 7.39. The predicted octanol–water partition coefficient (Wildman–Crippen LogP) is 1.89. The topological polar surface area (TPSA) is 103 Å². The molecule has 0 atom stereocenters. The highest BCUT2D eigenvalue weighted by atomic mass is 79.9. The van der Waals surface area contributed by atoms with E-state index in [1.54, 1.807) is 41.3 Å². The maximum absolute atomic E-state index is 12.9. The van der Waals surface area contributed by atoms with Gasteiger partial charge in [0.05, 0.1) is 9.17 Å². The Bertz CT molecular complexity index is 1210. The van der Waals surface area contributed by atoms with Crippen molar-refractivity contribution in [1.29, 1.82) is 0 Å². The van der Waals surface area contributed by atoms with Gasteiger partial charge in [0.25, 0.3) is 21.5 Å². The third kappa shape index (κ3) is 3.39. The number of hydrogen-bond donors (Lipinski definition) is 1. The average Bonchev–Trinajstić information content (AvgIpc) is 3.15. The number of aromatic nitrogens is 2. The van der Waals surface area contributed by atoms with Crippen molar-refractivity contribution in [3.8, 4) is 0 Å². The Labute approximate surface area is 173 Å². The molecule has 1 aliphatic heterocycles. The monoisotopic (exact) mass is 482 g/mol. The van der Waals surface area contributed by atoms with E-state index in [9.17, 15) is 18.0 Å². The smallest absolute Gasteiger partial charge is 0.275 e. The Hall–Kier alpha value is -2.08. The van der Waals surface area contributed by atoms with Gasteiger partial charge in [-0.1, -0.05) is 18.2 Å². The lowest BCUT2D eigenvalue weighted by atomic mass is 10.1. The number of H-pyrrole nitrogens is 1. The first-order valence-electron chi connectivity index (χ1n) is 8.40. The molecule has 0 spiro atoms. The molecule has 0 radical (unpaired) electrons. The number of fused-ring (bicyclic) bond motifs is 1. The summed E-state index contributed by atoms with van der Waals surface area (Å²) in [6, 6.07) is 10.0. The molecule has 8 nitrogen and oxygen atoms in total. The van der Waals surface area contributed by atoms with E-state index in [1.165, 1.54) is 4.31 Å². The maximum atomic E-state index is 12.9. The minimum absolute atomic E-state index is 0.161. The van der Waals surface area contributed by atoms with Gasteiger partial charge in [0.2, 0.25) is 0 Å². The Kier molecular flexibility index (Phi) is 5.08. The molecule has 0 unspecified atom stereocenters. The third-order valence-electron chi connectivity index (χ3n) is 4.57. The van der Waals surface area contributed by atoms with E-state index in [1.807, 2.05) is 0 Å². The van der Waals surface area contributed by atoms with Crippen LogP contribution in [-0.2, 0) is 10.0 Å². The van der Waals surface area contributed by atoms with E-state index in [4.69, 9.17) is 0 Å². The van der Waals surface area contributed by atoms with Gasteiger partial charge in [-0.3, -0.25) is 9.59 Å². The van der Waals surface area contributed by atoms with Crippen molar-refractivity contribution in [3.63, 3.8) is 0 Å². The van der Waals surface area contributed by atoms with Gasteiger partial charge in [-0.05, 0) is 34.1 Å². The van der Waals surface area contributed by atoms with Crippen LogP contribution in [0.3, 0.4) is 0 Å². The molecule has 2 aromatic heterocycles. The Morgan fingerprint density at radius 1 is 1.07 bits per heavy atom. The maximum Gasteiger partial charge on any atom is 0.275 e. The van der Waals surface area contributed by atoms with Gasteiger partial charge in [0.1, 0.15) is 4.21 Å². The summed E-state index contributed by atoms with van der Waals surface area (Å²) >= 11 is 4.44. The van der Waals surface area contributed by atoms with Crippen LogP contribution in [-0.4, -0.2) is 59.9 Å². The lowest BCUT2D eigenvalue weighted by Gasteiger charge is -2.33. The van der Waals surface area contributed by atoms with E-state index < -0.39 is 10.0 Å². The Morgan fingerprint density at radius 2 is 1.75 bits per heavy atom. The molecule has 1 aliphatic rings. The fourth-order valence-electron chi connectivity index (χ4n) is 3.12. The highest BCUT2D eigenvalue weighted by Crippen LogP contribution is 2.29. The Morgan fingerprint density at radius 3 is 2.39 bits per heavy atom. The quantitative estimate of drug-likeness (QED) is 0.613. The number of nitrogens with zero attached hydrogens (tertiary/aromatic N) is 3. The molecule has 28 heavy (non-hydrogen) atoms. The number of thiophene rings is 1. The van der Waals surface area contributed by atoms with E-state index in [2.05, 4.69) is 26.1 Å².